The van der Waals surface area contributed by atoms with Gasteiger partial charge in [-0.05, 0) is 33.4 Å². The van der Waals surface area contributed by atoms with Crippen molar-refractivity contribution in [2.24, 2.45) is 5.41 Å². The molecule has 2 unspecified atom stereocenters. The lowest BCUT2D eigenvalue weighted by molar-refractivity contribution is -0.101. The van der Waals surface area contributed by atoms with Crippen LogP contribution in [0.25, 0.3) is 0 Å². The first-order valence-corrected chi connectivity index (χ1v) is 6.10. The number of rotatable bonds is 3. The van der Waals surface area contributed by atoms with Gasteiger partial charge in [-0.1, -0.05) is 6.92 Å². The standard InChI is InChI=1S/C12H24N2O/c1-10-6-11(4-5-14(10)3)13-7-12(2)8-15-9-12/h10-11,13H,4-9H2,1-3H3. The van der Waals surface area contributed by atoms with Crippen LogP contribution in [0.5, 0.6) is 0 Å². The molecule has 0 saturated carbocycles. The molecule has 0 aliphatic carbocycles. The molecule has 2 saturated heterocycles. The van der Waals surface area contributed by atoms with Gasteiger partial charge in [-0.25, -0.2) is 0 Å². The van der Waals surface area contributed by atoms with Crippen LogP contribution in [0.15, 0.2) is 0 Å². The quantitative estimate of drug-likeness (QED) is 0.758. The molecule has 1 N–H and O–H groups in total. The van der Waals surface area contributed by atoms with Crippen LogP contribution in [0, 0.1) is 5.41 Å². The lowest BCUT2D eigenvalue weighted by atomic mass is 9.87. The zero-order valence-corrected chi connectivity index (χ0v) is 10.3. The fourth-order valence-corrected chi connectivity index (χ4v) is 2.42. The summed E-state index contributed by atoms with van der Waals surface area (Å²) in [4.78, 5) is 2.45. The van der Waals surface area contributed by atoms with E-state index in [-0.39, 0.29) is 0 Å². The summed E-state index contributed by atoms with van der Waals surface area (Å²) >= 11 is 0. The van der Waals surface area contributed by atoms with Crippen molar-refractivity contribution >= 4 is 0 Å². The molecule has 3 nitrogen and oxygen atoms in total. The molecule has 2 rings (SSSR count). The summed E-state index contributed by atoms with van der Waals surface area (Å²) in [6.07, 6.45) is 2.57. The molecule has 0 amide bonds. The number of ether oxygens (including phenoxy) is 1. The average Bonchev–Trinajstić information content (AvgIpc) is 2.17. The van der Waals surface area contributed by atoms with Crippen molar-refractivity contribution in [1.29, 1.82) is 0 Å². The van der Waals surface area contributed by atoms with E-state index in [4.69, 9.17) is 4.74 Å². The summed E-state index contributed by atoms with van der Waals surface area (Å²) in [6, 6.07) is 1.44. The molecule has 2 fully saturated rings. The van der Waals surface area contributed by atoms with Crippen molar-refractivity contribution in [3.8, 4) is 0 Å². The molecule has 88 valence electrons. The van der Waals surface area contributed by atoms with Crippen molar-refractivity contribution in [3.63, 3.8) is 0 Å². The second kappa shape index (κ2) is 4.40. The van der Waals surface area contributed by atoms with Crippen LogP contribution < -0.4 is 5.32 Å². The summed E-state index contributed by atoms with van der Waals surface area (Å²) < 4.78 is 5.27. The largest absolute Gasteiger partial charge is 0.380 e. The minimum absolute atomic E-state index is 0.409. The molecular weight excluding hydrogens is 188 g/mol. The predicted octanol–water partition coefficient (Wildman–Crippen LogP) is 1.10. The Balaban J connectivity index is 1.71. The molecule has 0 aromatic carbocycles. The van der Waals surface area contributed by atoms with Crippen LogP contribution in [-0.4, -0.2) is 50.3 Å². The Labute approximate surface area is 93.2 Å². The van der Waals surface area contributed by atoms with Crippen molar-refractivity contribution in [2.45, 2.75) is 38.8 Å². The van der Waals surface area contributed by atoms with Crippen LogP contribution in [-0.2, 0) is 4.74 Å². The highest BCUT2D eigenvalue weighted by molar-refractivity contribution is 4.87. The van der Waals surface area contributed by atoms with Gasteiger partial charge in [-0.3, -0.25) is 0 Å². The van der Waals surface area contributed by atoms with E-state index < -0.39 is 0 Å². The van der Waals surface area contributed by atoms with Gasteiger partial charge in [-0.15, -0.1) is 0 Å². The molecular formula is C12H24N2O. The van der Waals surface area contributed by atoms with Gasteiger partial charge in [0.1, 0.15) is 0 Å². The van der Waals surface area contributed by atoms with E-state index in [1.54, 1.807) is 0 Å². The molecule has 0 bridgehead atoms. The van der Waals surface area contributed by atoms with Gasteiger partial charge in [0.25, 0.3) is 0 Å². The van der Waals surface area contributed by atoms with E-state index in [1.807, 2.05) is 0 Å². The maximum absolute atomic E-state index is 5.27. The van der Waals surface area contributed by atoms with Crippen molar-refractivity contribution in [3.05, 3.63) is 0 Å². The zero-order chi connectivity index (χ0) is 10.9. The number of nitrogens with zero attached hydrogens (tertiary/aromatic N) is 1. The van der Waals surface area contributed by atoms with Crippen LogP contribution in [0.3, 0.4) is 0 Å². The van der Waals surface area contributed by atoms with Gasteiger partial charge in [0.2, 0.25) is 0 Å². The van der Waals surface area contributed by atoms with Gasteiger partial charge in [0.05, 0.1) is 13.2 Å². The third-order valence-electron chi connectivity index (χ3n) is 3.93. The molecule has 2 aliphatic rings. The first kappa shape index (κ1) is 11.4. The van der Waals surface area contributed by atoms with Crippen LogP contribution in [0.1, 0.15) is 26.7 Å². The lowest BCUT2D eigenvalue weighted by Crippen LogP contribution is -2.52. The summed E-state index contributed by atoms with van der Waals surface area (Å²) in [5, 5.41) is 3.71. The van der Waals surface area contributed by atoms with E-state index in [9.17, 15) is 0 Å². The predicted molar refractivity (Wildman–Crippen MR) is 62.0 cm³/mol. The Bertz CT molecular complexity index is 216. The first-order valence-electron chi connectivity index (χ1n) is 6.10. The van der Waals surface area contributed by atoms with Crippen LogP contribution in [0.4, 0.5) is 0 Å². The monoisotopic (exact) mass is 212 g/mol. The highest BCUT2D eigenvalue weighted by atomic mass is 16.5. The Hall–Kier alpha value is -0.120. The van der Waals surface area contributed by atoms with E-state index in [2.05, 4.69) is 31.1 Å². The second-order valence-corrected chi connectivity index (χ2v) is 5.74. The molecule has 0 radical (unpaired) electrons. The summed E-state index contributed by atoms with van der Waals surface area (Å²) in [7, 11) is 2.22. The Morgan fingerprint density at radius 3 is 2.73 bits per heavy atom. The number of likely N-dealkylation sites (tertiary alicyclic amines) is 1. The molecule has 2 aliphatic heterocycles. The third-order valence-corrected chi connectivity index (χ3v) is 3.93. The van der Waals surface area contributed by atoms with Gasteiger partial charge in [0.15, 0.2) is 0 Å². The van der Waals surface area contributed by atoms with E-state index >= 15 is 0 Å². The van der Waals surface area contributed by atoms with Crippen molar-refractivity contribution < 1.29 is 4.74 Å². The summed E-state index contributed by atoms with van der Waals surface area (Å²) in [5.74, 6) is 0. The fourth-order valence-electron chi connectivity index (χ4n) is 2.42. The summed E-state index contributed by atoms with van der Waals surface area (Å²) in [5.41, 5.74) is 0.409. The van der Waals surface area contributed by atoms with Crippen molar-refractivity contribution in [2.75, 3.05) is 33.4 Å². The van der Waals surface area contributed by atoms with E-state index in [1.165, 1.54) is 19.4 Å². The molecule has 15 heavy (non-hydrogen) atoms. The number of nitrogens with one attached hydrogen (secondary N) is 1. The highest BCUT2D eigenvalue weighted by Gasteiger charge is 2.34. The second-order valence-electron chi connectivity index (χ2n) is 5.74. The smallest absolute Gasteiger partial charge is 0.0554 e. The van der Waals surface area contributed by atoms with Gasteiger partial charge >= 0.3 is 0 Å². The molecule has 0 aromatic heterocycles. The van der Waals surface area contributed by atoms with E-state index in [0.29, 0.717) is 11.5 Å². The lowest BCUT2D eigenvalue weighted by Gasteiger charge is -2.41. The van der Waals surface area contributed by atoms with Crippen LogP contribution in [0.2, 0.25) is 0 Å². The Morgan fingerprint density at radius 1 is 1.47 bits per heavy atom. The molecule has 3 heteroatoms. The molecule has 0 spiro atoms. The maximum atomic E-state index is 5.27. The van der Waals surface area contributed by atoms with Gasteiger partial charge in [0, 0.05) is 24.0 Å². The minimum atomic E-state index is 0.409. The highest BCUT2D eigenvalue weighted by Crippen LogP contribution is 2.26. The minimum Gasteiger partial charge on any atom is -0.380 e. The average molecular weight is 212 g/mol. The normalized spacial score (nSPS) is 36.2. The first-order chi connectivity index (χ1) is 7.09. The topological polar surface area (TPSA) is 24.5 Å². The van der Waals surface area contributed by atoms with Crippen molar-refractivity contribution in [1.82, 2.24) is 10.2 Å². The molecule has 2 atom stereocenters. The Kier molecular flexibility index (Phi) is 3.33. The number of hydrogen-bond donors (Lipinski definition) is 1. The molecule has 2 heterocycles. The Morgan fingerprint density at radius 2 is 2.20 bits per heavy atom. The van der Waals surface area contributed by atoms with E-state index in [0.717, 1.165) is 25.8 Å². The molecule has 0 aromatic rings. The maximum Gasteiger partial charge on any atom is 0.0554 e. The number of hydrogen-bond acceptors (Lipinski definition) is 3. The van der Waals surface area contributed by atoms with Gasteiger partial charge < -0.3 is 15.0 Å². The zero-order valence-electron chi connectivity index (χ0n) is 10.3. The van der Waals surface area contributed by atoms with Gasteiger partial charge in [-0.2, -0.15) is 0 Å². The van der Waals surface area contributed by atoms with Crippen LogP contribution >= 0.6 is 0 Å². The number of piperidine rings is 1. The SMILES string of the molecule is CC1CC(NCC2(C)COC2)CCN1C. The summed E-state index contributed by atoms with van der Waals surface area (Å²) in [6.45, 7) is 8.84. The fraction of sp³-hybridized carbons (Fsp3) is 1.00. The third kappa shape index (κ3) is 2.71.